The molecule has 294 valence electrons. The van der Waals surface area contributed by atoms with Crippen LogP contribution in [0.3, 0.4) is 0 Å². The van der Waals surface area contributed by atoms with Crippen LogP contribution in [-0.2, 0) is 19.2 Å². The summed E-state index contributed by atoms with van der Waals surface area (Å²) in [5.74, 6) is -1.17. The highest BCUT2D eigenvalue weighted by molar-refractivity contribution is 5.87. The first-order chi connectivity index (χ1) is 24.4. The lowest BCUT2D eigenvalue weighted by molar-refractivity contribution is -0.137. The van der Waals surface area contributed by atoms with Gasteiger partial charge in [-0.3, -0.25) is 19.2 Å². The Morgan fingerprint density at radius 2 is 0.800 bits per heavy atom. The second-order valence-electron chi connectivity index (χ2n) is 14.7. The van der Waals surface area contributed by atoms with Gasteiger partial charge >= 0.3 is 5.97 Å². The number of nitrogens with one attached hydrogen (secondary N) is 3. The third-order valence-corrected chi connectivity index (χ3v) is 9.77. The smallest absolute Gasteiger partial charge is 0.303 e. The van der Waals surface area contributed by atoms with Crippen molar-refractivity contribution in [2.45, 2.75) is 232 Å². The largest absolute Gasteiger partial charge is 0.481 e. The van der Waals surface area contributed by atoms with Crippen molar-refractivity contribution in [1.82, 2.24) is 16.0 Å². The average molecular weight is 708 g/mol. The molecule has 50 heavy (non-hydrogen) atoms. The van der Waals surface area contributed by atoms with Gasteiger partial charge in [-0.25, -0.2) is 0 Å². The quantitative estimate of drug-likeness (QED) is 0.0473. The number of unbranched alkanes of at least 4 members (excludes halogenated alkanes) is 25. The molecular formula is C42H81N3O5. The third-order valence-electron chi connectivity index (χ3n) is 9.77. The van der Waals surface area contributed by atoms with E-state index < -0.39 is 12.0 Å². The minimum Gasteiger partial charge on any atom is -0.481 e. The number of amides is 3. The summed E-state index contributed by atoms with van der Waals surface area (Å²) in [5.41, 5.74) is 0. The summed E-state index contributed by atoms with van der Waals surface area (Å²) in [4.78, 5) is 48.6. The Labute approximate surface area is 308 Å². The molecule has 0 bridgehead atoms. The van der Waals surface area contributed by atoms with E-state index in [9.17, 15) is 19.2 Å². The Hall–Kier alpha value is -2.12. The van der Waals surface area contributed by atoms with E-state index in [0.29, 0.717) is 38.6 Å². The zero-order valence-corrected chi connectivity index (χ0v) is 32.9. The molecule has 0 aliphatic heterocycles. The summed E-state index contributed by atoms with van der Waals surface area (Å²) in [5, 5.41) is 17.6. The summed E-state index contributed by atoms with van der Waals surface area (Å²) in [6.07, 6.45) is 36.2. The molecule has 8 nitrogen and oxygen atoms in total. The van der Waals surface area contributed by atoms with Crippen molar-refractivity contribution in [3.8, 4) is 0 Å². The minimum atomic E-state index is -0.891. The van der Waals surface area contributed by atoms with Crippen molar-refractivity contribution >= 4 is 23.7 Å². The lowest BCUT2D eigenvalue weighted by Gasteiger charge is -2.18. The van der Waals surface area contributed by atoms with Crippen LogP contribution < -0.4 is 16.0 Å². The maximum atomic E-state index is 12.8. The van der Waals surface area contributed by atoms with Gasteiger partial charge in [0, 0.05) is 32.4 Å². The highest BCUT2D eigenvalue weighted by atomic mass is 16.4. The molecule has 0 aliphatic rings. The molecule has 4 N–H and O–H groups in total. The number of aliphatic carboxylic acids is 1. The lowest BCUT2D eigenvalue weighted by Crippen LogP contribution is -2.47. The van der Waals surface area contributed by atoms with E-state index in [4.69, 9.17) is 5.11 Å². The molecule has 0 aromatic rings. The van der Waals surface area contributed by atoms with Crippen LogP contribution in [0.25, 0.3) is 0 Å². The molecule has 1 unspecified atom stereocenters. The van der Waals surface area contributed by atoms with Crippen molar-refractivity contribution in [3.63, 3.8) is 0 Å². The number of carbonyl (C=O) groups excluding carboxylic acids is 3. The molecule has 8 heteroatoms. The van der Waals surface area contributed by atoms with E-state index in [2.05, 4.69) is 29.8 Å². The Balaban J connectivity index is 4.09. The zero-order valence-electron chi connectivity index (χ0n) is 32.9. The van der Waals surface area contributed by atoms with E-state index in [1.807, 2.05) is 0 Å². The molecule has 0 rings (SSSR count). The van der Waals surface area contributed by atoms with Crippen molar-refractivity contribution in [2.75, 3.05) is 13.1 Å². The van der Waals surface area contributed by atoms with E-state index >= 15 is 0 Å². The average Bonchev–Trinajstić information content (AvgIpc) is 3.09. The van der Waals surface area contributed by atoms with Gasteiger partial charge in [-0.05, 0) is 38.5 Å². The molecule has 0 radical (unpaired) electrons. The zero-order chi connectivity index (χ0) is 36.8. The standard InChI is InChI=1S/C42H81N3O5/c1-3-5-7-9-11-13-15-17-19-21-23-25-27-33-39(46)43-36-30-29-32-38(42(50)44-37-31-35-41(48)49)45-40(47)34-28-26-24-22-20-18-16-14-12-10-8-6-4-2/h38H,3-37H2,1-2H3,(H,43,46)(H,44,50)(H,45,47)(H,48,49). The van der Waals surface area contributed by atoms with Crippen LogP contribution in [0.2, 0.25) is 0 Å². The molecule has 1 atom stereocenters. The Bertz CT molecular complexity index is 806. The summed E-state index contributed by atoms with van der Waals surface area (Å²) in [6.45, 7) is 5.35. The molecule has 0 saturated heterocycles. The van der Waals surface area contributed by atoms with Gasteiger partial charge in [0.25, 0.3) is 0 Å². The van der Waals surface area contributed by atoms with Gasteiger partial charge in [0.15, 0.2) is 0 Å². The second-order valence-corrected chi connectivity index (χ2v) is 14.7. The van der Waals surface area contributed by atoms with Crippen molar-refractivity contribution in [3.05, 3.63) is 0 Å². The third kappa shape index (κ3) is 35.7. The van der Waals surface area contributed by atoms with Gasteiger partial charge in [-0.15, -0.1) is 0 Å². The van der Waals surface area contributed by atoms with Crippen LogP contribution in [0.5, 0.6) is 0 Å². The maximum absolute atomic E-state index is 12.8. The number of carboxylic acids is 1. The van der Waals surface area contributed by atoms with Crippen LogP contribution in [0.4, 0.5) is 0 Å². The monoisotopic (exact) mass is 708 g/mol. The van der Waals surface area contributed by atoms with Crippen LogP contribution in [0, 0.1) is 0 Å². The number of carboxylic acid groups (broad SMARTS) is 1. The van der Waals surface area contributed by atoms with Crippen molar-refractivity contribution < 1.29 is 24.3 Å². The summed E-state index contributed by atoms with van der Waals surface area (Å²) in [6, 6.07) is -0.643. The number of hydrogen-bond acceptors (Lipinski definition) is 4. The maximum Gasteiger partial charge on any atom is 0.303 e. The second kappa shape index (κ2) is 38.1. The normalized spacial score (nSPS) is 11.7. The molecule has 3 amide bonds. The Kier molecular flexibility index (Phi) is 36.5. The topological polar surface area (TPSA) is 125 Å². The molecule has 0 fully saturated rings. The summed E-state index contributed by atoms with van der Waals surface area (Å²) >= 11 is 0. The minimum absolute atomic E-state index is 0.00460. The van der Waals surface area contributed by atoms with Gasteiger partial charge < -0.3 is 21.1 Å². The number of hydrogen-bond donors (Lipinski definition) is 4. The van der Waals surface area contributed by atoms with E-state index in [1.54, 1.807) is 0 Å². The molecule has 0 heterocycles. The number of rotatable bonds is 39. The van der Waals surface area contributed by atoms with Crippen LogP contribution >= 0.6 is 0 Å². The number of carbonyl (C=O) groups is 4. The summed E-state index contributed by atoms with van der Waals surface area (Å²) < 4.78 is 0. The molecule has 0 aliphatic carbocycles. The first-order valence-corrected chi connectivity index (χ1v) is 21.5. The van der Waals surface area contributed by atoms with Gasteiger partial charge in [0.2, 0.25) is 17.7 Å². The highest BCUT2D eigenvalue weighted by Gasteiger charge is 2.20. The summed E-state index contributed by atoms with van der Waals surface area (Å²) in [7, 11) is 0. The fraction of sp³-hybridized carbons (Fsp3) is 0.905. The molecular weight excluding hydrogens is 626 g/mol. The first kappa shape index (κ1) is 47.9. The van der Waals surface area contributed by atoms with Crippen molar-refractivity contribution in [2.24, 2.45) is 0 Å². The predicted molar refractivity (Wildman–Crippen MR) is 209 cm³/mol. The van der Waals surface area contributed by atoms with Gasteiger partial charge in [-0.1, -0.05) is 168 Å². The molecule has 0 aromatic heterocycles. The predicted octanol–water partition coefficient (Wildman–Crippen LogP) is 10.7. The van der Waals surface area contributed by atoms with Gasteiger partial charge in [0.05, 0.1) is 0 Å². The fourth-order valence-electron chi connectivity index (χ4n) is 6.51. The van der Waals surface area contributed by atoms with Gasteiger partial charge in [0.1, 0.15) is 6.04 Å². The SMILES string of the molecule is CCCCCCCCCCCCCCCC(=O)NCCCCC(NC(=O)CCCCCCCCCCCCCCC)C(=O)NCCCC(=O)O. The fourth-order valence-corrected chi connectivity index (χ4v) is 6.51. The van der Waals surface area contributed by atoms with E-state index in [-0.39, 0.29) is 30.7 Å². The van der Waals surface area contributed by atoms with E-state index in [0.717, 1.165) is 38.5 Å². The van der Waals surface area contributed by atoms with Crippen molar-refractivity contribution in [1.29, 1.82) is 0 Å². The molecule has 0 spiro atoms. The Morgan fingerprint density at radius 3 is 1.22 bits per heavy atom. The van der Waals surface area contributed by atoms with Crippen LogP contribution in [-0.4, -0.2) is 47.9 Å². The van der Waals surface area contributed by atoms with Crippen LogP contribution in [0.15, 0.2) is 0 Å². The first-order valence-electron chi connectivity index (χ1n) is 21.5. The molecule has 0 aromatic carbocycles. The lowest BCUT2D eigenvalue weighted by atomic mass is 10.0. The van der Waals surface area contributed by atoms with Gasteiger partial charge in [-0.2, -0.15) is 0 Å². The Morgan fingerprint density at radius 1 is 0.420 bits per heavy atom. The van der Waals surface area contributed by atoms with Crippen LogP contribution in [0.1, 0.15) is 226 Å². The highest BCUT2D eigenvalue weighted by Crippen LogP contribution is 2.14. The van der Waals surface area contributed by atoms with E-state index in [1.165, 1.54) is 135 Å². The molecule has 0 saturated carbocycles.